The highest BCUT2D eigenvalue weighted by atomic mass is 17.0. The van der Waals surface area contributed by atoms with Gasteiger partial charge in [0.15, 0.2) is 0 Å². The van der Waals surface area contributed by atoms with Gasteiger partial charge in [-0.15, -0.1) is 10.1 Å². The van der Waals surface area contributed by atoms with Gasteiger partial charge in [-0.2, -0.15) is 0 Å². The van der Waals surface area contributed by atoms with Crippen molar-refractivity contribution in [2.45, 2.75) is 44.4 Å². The molecule has 0 bridgehead atoms. The predicted molar refractivity (Wildman–Crippen MR) is 110 cm³/mol. The lowest BCUT2D eigenvalue weighted by molar-refractivity contribution is -0.769. The smallest absolute Gasteiger partial charge is 0.294 e. The Labute approximate surface area is 179 Å². The van der Waals surface area contributed by atoms with Crippen LogP contribution in [0, 0.1) is 10.1 Å². The second-order valence-electron chi connectivity index (χ2n) is 7.33. The average molecular weight is 428 g/mol. The van der Waals surface area contributed by atoms with E-state index in [1.807, 2.05) is 6.07 Å². The third-order valence-electron chi connectivity index (χ3n) is 5.37. The van der Waals surface area contributed by atoms with E-state index in [-0.39, 0.29) is 17.5 Å². The third-order valence-corrected chi connectivity index (χ3v) is 5.37. The predicted octanol–water partition coefficient (Wildman–Crippen LogP) is 2.35. The van der Waals surface area contributed by atoms with Gasteiger partial charge < -0.3 is 20.2 Å². The first kappa shape index (κ1) is 22.0. The molecule has 0 atom stereocenters. The fourth-order valence-electron chi connectivity index (χ4n) is 3.84. The van der Waals surface area contributed by atoms with Crippen molar-refractivity contribution < 1.29 is 24.3 Å². The zero-order chi connectivity index (χ0) is 22.4. The number of methoxy groups -OCH3 is 1. The van der Waals surface area contributed by atoms with Crippen molar-refractivity contribution in [3.63, 3.8) is 0 Å². The Morgan fingerprint density at radius 3 is 2.58 bits per heavy atom. The summed E-state index contributed by atoms with van der Waals surface area (Å²) in [6.07, 6.45) is 4.93. The van der Waals surface area contributed by atoms with Gasteiger partial charge in [0.05, 0.1) is 12.7 Å². The number of carbonyl (C=O) groups excluding carboxylic acids is 2. The van der Waals surface area contributed by atoms with E-state index in [9.17, 15) is 19.7 Å². The Bertz CT molecular complexity index is 944. The number of amides is 2. The molecule has 1 aliphatic carbocycles. The van der Waals surface area contributed by atoms with Gasteiger partial charge in [-0.05, 0) is 55.5 Å². The first-order valence-corrected chi connectivity index (χ1v) is 9.88. The molecule has 2 amide bonds. The zero-order valence-corrected chi connectivity index (χ0v) is 17.1. The van der Waals surface area contributed by atoms with Crippen LogP contribution in [0.5, 0.6) is 5.75 Å². The normalized spacial score (nSPS) is 18.1. The molecule has 0 saturated heterocycles. The van der Waals surface area contributed by atoms with Crippen molar-refractivity contribution in [2.24, 2.45) is 5.73 Å². The Hall–Kier alpha value is -3.69. The molecule has 0 radical (unpaired) electrons. The Balaban J connectivity index is 1.86. The molecule has 2 aromatic rings. The first-order chi connectivity index (χ1) is 14.9. The van der Waals surface area contributed by atoms with E-state index in [1.165, 1.54) is 19.2 Å². The summed E-state index contributed by atoms with van der Waals surface area (Å²) in [5, 5.41) is 9.85. The molecule has 0 unspecified atom stereocenters. The third kappa shape index (κ3) is 5.47. The van der Waals surface area contributed by atoms with Gasteiger partial charge >= 0.3 is 0 Å². The summed E-state index contributed by atoms with van der Waals surface area (Å²) in [5.41, 5.74) is 6.72. The highest BCUT2D eigenvalue weighted by Gasteiger charge is 2.31. The van der Waals surface area contributed by atoms with Crippen LogP contribution < -0.4 is 10.5 Å². The number of nitrogens with two attached hydrogens (primary N) is 1. The van der Waals surface area contributed by atoms with Crippen LogP contribution in [-0.4, -0.2) is 46.0 Å². The maximum atomic E-state index is 13.5. The second kappa shape index (κ2) is 9.88. The van der Waals surface area contributed by atoms with E-state index in [0.29, 0.717) is 43.5 Å². The largest absolute Gasteiger partial charge is 0.496 e. The summed E-state index contributed by atoms with van der Waals surface area (Å²) in [4.78, 5) is 46.4. The first-order valence-electron chi connectivity index (χ1n) is 9.88. The minimum atomic E-state index is -0.772. The van der Waals surface area contributed by atoms with Crippen LogP contribution >= 0.6 is 0 Å². The van der Waals surface area contributed by atoms with Crippen LogP contribution in [0.2, 0.25) is 0 Å². The summed E-state index contributed by atoms with van der Waals surface area (Å²) < 4.78 is 5.15. The lowest BCUT2D eigenvalue weighted by Crippen LogP contribution is -2.43. The minimum Gasteiger partial charge on any atom is -0.496 e. The van der Waals surface area contributed by atoms with E-state index in [2.05, 4.69) is 4.98 Å². The minimum absolute atomic E-state index is 0.123. The fourth-order valence-corrected chi connectivity index (χ4v) is 3.84. The maximum absolute atomic E-state index is 13.5. The van der Waals surface area contributed by atoms with E-state index in [0.717, 1.165) is 5.56 Å². The molecule has 2 N–H and O–H groups in total. The highest BCUT2D eigenvalue weighted by molar-refractivity contribution is 6.01. The summed E-state index contributed by atoms with van der Waals surface area (Å²) in [7, 11) is 1.42. The molecule has 164 valence electrons. The highest BCUT2D eigenvalue weighted by Crippen LogP contribution is 2.29. The monoisotopic (exact) mass is 428 g/mol. The van der Waals surface area contributed by atoms with Gasteiger partial charge in [0, 0.05) is 30.5 Å². The molecule has 1 heterocycles. The maximum Gasteiger partial charge on any atom is 0.294 e. The zero-order valence-electron chi connectivity index (χ0n) is 17.1. The summed E-state index contributed by atoms with van der Waals surface area (Å²) in [6.45, 7) is 0.316. The molecule has 3 rings (SSSR count). The van der Waals surface area contributed by atoms with Crippen LogP contribution in [0.1, 0.15) is 52.0 Å². The molecule has 1 aromatic carbocycles. The molecule has 1 saturated carbocycles. The number of nitrogens with zero attached hydrogens (tertiary/aromatic N) is 3. The lowest BCUT2D eigenvalue weighted by atomic mass is 9.91. The molecule has 10 heteroatoms. The number of rotatable bonds is 8. The van der Waals surface area contributed by atoms with Crippen LogP contribution in [0.15, 0.2) is 42.7 Å². The standard InChI is InChI=1S/C21H24N4O6/c1-30-19-9-4-15(11-18(19)20(22)26)21(27)24(13-14-3-2-10-23-12-14)16-5-7-17(8-6-16)31-25(28)29/h2-4,9-12,16-17H,5-8,13H2,1H3,(H2,22,26). The molecule has 0 spiro atoms. The topological polar surface area (TPSA) is 138 Å². The molecule has 1 aromatic heterocycles. The Morgan fingerprint density at radius 1 is 1.26 bits per heavy atom. The number of ether oxygens (including phenoxy) is 1. The van der Waals surface area contributed by atoms with E-state index in [4.69, 9.17) is 15.3 Å². The van der Waals surface area contributed by atoms with E-state index in [1.54, 1.807) is 29.4 Å². The number of primary amides is 1. The van der Waals surface area contributed by atoms with Crippen molar-refractivity contribution >= 4 is 11.8 Å². The number of carbonyl (C=O) groups is 2. The van der Waals surface area contributed by atoms with Crippen LogP contribution in [0.3, 0.4) is 0 Å². The molecule has 10 nitrogen and oxygen atoms in total. The fraction of sp³-hybridized carbons (Fsp3) is 0.381. The van der Waals surface area contributed by atoms with Crippen molar-refractivity contribution in [1.29, 1.82) is 0 Å². The second-order valence-corrected chi connectivity index (χ2v) is 7.33. The van der Waals surface area contributed by atoms with Crippen molar-refractivity contribution in [3.05, 3.63) is 69.5 Å². The van der Waals surface area contributed by atoms with Gasteiger partial charge in [0.25, 0.3) is 16.9 Å². The number of hydrogen-bond acceptors (Lipinski definition) is 7. The molecule has 1 aliphatic rings. The average Bonchev–Trinajstić information content (AvgIpc) is 2.77. The summed E-state index contributed by atoms with van der Waals surface area (Å²) >= 11 is 0. The van der Waals surface area contributed by atoms with Crippen molar-refractivity contribution in [2.75, 3.05) is 7.11 Å². The molecular formula is C21H24N4O6. The number of hydrogen-bond donors (Lipinski definition) is 1. The number of benzene rings is 1. The molecule has 1 fully saturated rings. The van der Waals surface area contributed by atoms with Gasteiger partial charge in [-0.25, -0.2) is 0 Å². The van der Waals surface area contributed by atoms with E-state index >= 15 is 0 Å². The van der Waals surface area contributed by atoms with Crippen LogP contribution in [0.4, 0.5) is 0 Å². The quantitative estimate of drug-likeness (QED) is 0.503. The van der Waals surface area contributed by atoms with Gasteiger partial charge in [0.1, 0.15) is 11.9 Å². The molecule has 31 heavy (non-hydrogen) atoms. The van der Waals surface area contributed by atoms with Gasteiger partial charge in [-0.3, -0.25) is 14.6 Å². The molecular weight excluding hydrogens is 404 g/mol. The van der Waals surface area contributed by atoms with E-state index < -0.39 is 17.1 Å². The Morgan fingerprint density at radius 2 is 2.00 bits per heavy atom. The molecule has 0 aliphatic heterocycles. The Kier molecular flexibility index (Phi) is 7.01. The number of aromatic nitrogens is 1. The van der Waals surface area contributed by atoms with Crippen molar-refractivity contribution in [3.8, 4) is 5.75 Å². The van der Waals surface area contributed by atoms with Gasteiger partial charge in [-0.1, -0.05) is 6.07 Å². The van der Waals surface area contributed by atoms with Crippen molar-refractivity contribution in [1.82, 2.24) is 9.88 Å². The number of pyridine rings is 1. The summed E-state index contributed by atoms with van der Waals surface area (Å²) in [5.74, 6) is -0.671. The lowest BCUT2D eigenvalue weighted by Gasteiger charge is -2.36. The van der Waals surface area contributed by atoms with Crippen LogP contribution in [0.25, 0.3) is 0 Å². The summed E-state index contributed by atoms with van der Waals surface area (Å²) in [6, 6.07) is 8.08. The van der Waals surface area contributed by atoms with Gasteiger partial charge in [0.2, 0.25) is 0 Å². The van der Waals surface area contributed by atoms with Crippen LogP contribution in [-0.2, 0) is 11.4 Å². The SMILES string of the molecule is COc1ccc(C(=O)N(Cc2cccnc2)C2CCC(O[N+](=O)[O-])CC2)cc1C(N)=O.